The summed E-state index contributed by atoms with van der Waals surface area (Å²) in [5, 5.41) is 4.16. The van der Waals surface area contributed by atoms with E-state index in [-0.39, 0.29) is 6.04 Å². The maximum atomic E-state index is 5.60. The number of ether oxygens (including phenoxy) is 1. The highest BCUT2D eigenvalue weighted by Crippen LogP contribution is 2.23. The molecule has 2 rings (SSSR count). The average Bonchev–Trinajstić information content (AvgIpc) is 2.91. The Labute approximate surface area is 95.9 Å². The van der Waals surface area contributed by atoms with Gasteiger partial charge in [-0.2, -0.15) is 5.10 Å². The van der Waals surface area contributed by atoms with Gasteiger partial charge in [0.15, 0.2) is 0 Å². The van der Waals surface area contributed by atoms with Crippen LogP contribution in [0.3, 0.4) is 0 Å². The minimum absolute atomic E-state index is 0.179. The lowest BCUT2D eigenvalue weighted by Gasteiger charge is -2.16. The smallest absolute Gasteiger partial charge is 0.0576 e. The summed E-state index contributed by atoms with van der Waals surface area (Å²) in [6.45, 7) is 0.915. The number of nitrogens with two attached hydrogens (primary N) is 1. The van der Waals surface area contributed by atoms with Crippen LogP contribution in [0.1, 0.15) is 37.3 Å². The molecule has 0 bridgehead atoms. The summed E-state index contributed by atoms with van der Waals surface area (Å²) in [5.41, 5.74) is 3.99. The molecule has 90 valence electrons. The molecule has 0 saturated carbocycles. The second-order valence-electron chi connectivity index (χ2n) is 4.38. The predicted molar refractivity (Wildman–Crippen MR) is 61.5 cm³/mol. The van der Waals surface area contributed by atoms with E-state index in [1.165, 1.54) is 12.8 Å². The molecule has 1 aliphatic heterocycles. The highest BCUT2D eigenvalue weighted by atomic mass is 16.5. The molecule has 5 nitrogen and oxygen atoms in total. The molecule has 0 radical (unpaired) electrons. The standard InChI is InChI=1S/C11H20N4O/c1-15-8-9(7-13-15)11(14-12)5-4-10-3-2-6-16-10/h7-8,10-11,14H,2-6,12H2,1H3. The van der Waals surface area contributed by atoms with E-state index in [1.54, 1.807) is 4.68 Å². The van der Waals surface area contributed by atoms with Crippen LogP contribution in [-0.4, -0.2) is 22.5 Å². The molecule has 5 heteroatoms. The van der Waals surface area contributed by atoms with Gasteiger partial charge in [-0.1, -0.05) is 0 Å². The van der Waals surface area contributed by atoms with Crippen molar-refractivity contribution in [3.05, 3.63) is 18.0 Å². The minimum atomic E-state index is 0.179. The third-order valence-electron chi connectivity index (χ3n) is 3.13. The van der Waals surface area contributed by atoms with E-state index in [1.807, 2.05) is 19.4 Å². The predicted octanol–water partition coefficient (Wildman–Crippen LogP) is 0.884. The molecule has 1 fully saturated rings. The van der Waals surface area contributed by atoms with Crippen LogP contribution < -0.4 is 11.3 Å². The van der Waals surface area contributed by atoms with Crippen molar-refractivity contribution in [3.63, 3.8) is 0 Å². The van der Waals surface area contributed by atoms with Crippen LogP contribution >= 0.6 is 0 Å². The van der Waals surface area contributed by atoms with Crippen LogP contribution in [0.25, 0.3) is 0 Å². The number of hydrazine groups is 1. The van der Waals surface area contributed by atoms with E-state index in [4.69, 9.17) is 10.6 Å². The molecule has 2 heterocycles. The second kappa shape index (κ2) is 5.43. The number of nitrogens with zero attached hydrogens (tertiary/aromatic N) is 2. The number of hydrogen-bond acceptors (Lipinski definition) is 4. The molecule has 3 N–H and O–H groups in total. The summed E-state index contributed by atoms with van der Waals surface area (Å²) in [4.78, 5) is 0. The van der Waals surface area contributed by atoms with E-state index in [2.05, 4.69) is 10.5 Å². The van der Waals surface area contributed by atoms with Crippen molar-refractivity contribution in [2.45, 2.75) is 37.8 Å². The van der Waals surface area contributed by atoms with Crippen molar-refractivity contribution in [1.29, 1.82) is 0 Å². The van der Waals surface area contributed by atoms with E-state index >= 15 is 0 Å². The third-order valence-corrected chi connectivity index (χ3v) is 3.13. The van der Waals surface area contributed by atoms with Crippen LogP contribution in [0.4, 0.5) is 0 Å². The summed E-state index contributed by atoms with van der Waals surface area (Å²) in [7, 11) is 1.91. The molecule has 1 aromatic heterocycles. The Balaban J connectivity index is 1.85. The number of rotatable bonds is 5. The van der Waals surface area contributed by atoms with Gasteiger partial charge < -0.3 is 4.74 Å². The summed E-state index contributed by atoms with van der Waals surface area (Å²) in [6, 6.07) is 0.179. The van der Waals surface area contributed by atoms with Gasteiger partial charge in [-0.15, -0.1) is 0 Å². The third kappa shape index (κ3) is 2.81. The fourth-order valence-corrected chi connectivity index (χ4v) is 2.19. The molecule has 1 aromatic rings. The summed E-state index contributed by atoms with van der Waals surface area (Å²) < 4.78 is 7.40. The zero-order chi connectivity index (χ0) is 11.4. The fraction of sp³-hybridized carbons (Fsp3) is 0.727. The van der Waals surface area contributed by atoms with Crippen LogP contribution in [-0.2, 0) is 11.8 Å². The maximum Gasteiger partial charge on any atom is 0.0576 e. The second-order valence-corrected chi connectivity index (χ2v) is 4.38. The van der Waals surface area contributed by atoms with Crippen LogP contribution in [0.2, 0.25) is 0 Å². The Kier molecular flexibility index (Phi) is 3.93. The van der Waals surface area contributed by atoms with Crippen LogP contribution in [0.5, 0.6) is 0 Å². The summed E-state index contributed by atoms with van der Waals surface area (Å²) in [6.07, 6.45) is 8.71. The lowest BCUT2D eigenvalue weighted by molar-refractivity contribution is 0.0996. The molecule has 0 aliphatic carbocycles. The zero-order valence-corrected chi connectivity index (χ0v) is 9.72. The molecule has 0 aromatic carbocycles. The highest BCUT2D eigenvalue weighted by molar-refractivity contribution is 5.09. The maximum absolute atomic E-state index is 5.60. The van der Waals surface area contributed by atoms with Crippen molar-refractivity contribution in [1.82, 2.24) is 15.2 Å². The SMILES string of the molecule is Cn1cc(C(CCC2CCCO2)NN)cn1. The highest BCUT2D eigenvalue weighted by Gasteiger charge is 2.18. The van der Waals surface area contributed by atoms with E-state index in [0.29, 0.717) is 6.10 Å². The quantitative estimate of drug-likeness (QED) is 0.575. The molecular formula is C11H20N4O. The number of aromatic nitrogens is 2. The van der Waals surface area contributed by atoms with Gasteiger partial charge in [0.1, 0.15) is 0 Å². The first-order valence-corrected chi connectivity index (χ1v) is 5.86. The molecule has 1 aliphatic rings. The lowest BCUT2D eigenvalue weighted by atomic mass is 10.0. The number of hydrogen-bond donors (Lipinski definition) is 2. The summed E-state index contributed by atoms with van der Waals surface area (Å²) in [5.74, 6) is 5.57. The van der Waals surface area contributed by atoms with E-state index in [0.717, 1.165) is 25.0 Å². The first-order valence-electron chi connectivity index (χ1n) is 5.86. The van der Waals surface area contributed by atoms with Gasteiger partial charge in [-0.25, -0.2) is 0 Å². The van der Waals surface area contributed by atoms with Gasteiger partial charge in [0.25, 0.3) is 0 Å². The van der Waals surface area contributed by atoms with Gasteiger partial charge >= 0.3 is 0 Å². The number of aryl methyl sites for hydroxylation is 1. The largest absolute Gasteiger partial charge is 0.378 e. The average molecular weight is 224 g/mol. The monoisotopic (exact) mass is 224 g/mol. The Morgan fingerprint density at radius 1 is 1.75 bits per heavy atom. The Bertz CT molecular complexity index is 320. The Morgan fingerprint density at radius 3 is 3.19 bits per heavy atom. The topological polar surface area (TPSA) is 65.1 Å². The van der Waals surface area contributed by atoms with E-state index < -0.39 is 0 Å². The normalized spacial score (nSPS) is 22.5. The Hall–Kier alpha value is -0.910. The van der Waals surface area contributed by atoms with Crippen LogP contribution in [0, 0.1) is 0 Å². The Morgan fingerprint density at radius 2 is 2.62 bits per heavy atom. The molecule has 0 spiro atoms. The number of nitrogens with one attached hydrogen (secondary N) is 1. The van der Waals surface area contributed by atoms with E-state index in [9.17, 15) is 0 Å². The van der Waals surface area contributed by atoms with Crippen molar-refractivity contribution >= 4 is 0 Å². The molecule has 2 unspecified atom stereocenters. The zero-order valence-electron chi connectivity index (χ0n) is 9.72. The summed E-state index contributed by atoms with van der Waals surface area (Å²) >= 11 is 0. The van der Waals surface area contributed by atoms with Crippen molar-refractivity contribution in [2.24, 2.45) is 12.9 Å². The molecule has 0 amide bonds. The molecular weight excluding hydrogens is 204 g/mol. The van der Waals surface area contributed by atoms with Gasteiger partial charge in [0.05, 0.1) is 12.3 Å². The van der Waals surface area contributed by atoms with Gasteiger partial charge in [0.2, 0.25) is 0 Å². The fourth-order valence-electron chi connectivity index (χ4n) is 2.19. The van der Waals surface area contributed by atoms with Crippen LogP contribution in [0.15, 0.2) is 12.4 Å². The van der Waals surface area contributed by atoms with Crippen molar-refractivity contribution in [3.8, 4) is 0 Å². The first-order chi connectivity index (χ1) is 7.79. The first kappa shape index (κ1) is 11.6. The minimum Gasteiger partial charge on any atom is -0.378 e. The molecule has 1 saturated heterocycles. The molecule has 2 atom stereocenters. The lowest BCUT2D eigenvalue weighted by Crippen LogP contribution is -2.28. The van der Waals surface area contributed by atoms with Crippen molar-refractivity contribution in [2.75, 3.05) is 6.61 Å². The van der Waals surface area contributed by atoms with Gasteiger partial charge in [0, 0.05) is 31.5 Å². The van der Waals surface area contributed by atoms with Gasteiger partial charge in [-0.05, 0) is 25.7 Å². The molecule has 16 heavy (non-hydrogen) atoms. The van der Waals surface area contributed by atoms with Gasteiger partial charge in [-0.3, -0.25) is 16.0 Å². The van der Waals surface area contributed by atoms with Crippen molar-refractivity contribution < 1.29 is 4.74 Å².